The van der Waals surface area contributed by atoms with Gasteiger partial charge in [0.15, 0.2) is 0 Å². The average Bonchev–Trinajstić information content (AvgIpc) is 3.32. The Morgan fingerprint density at radius 1 is 1.28 bits per heavy atom. The number of aliphatic hydroxyl groups is 1. The fourth-order valence-electron chi connectivity index (χ4n) is 3.92. The zero-order valence-electron chi connectivity index (χ0n) is 16.0. The SMILES string of the molecule is Cc1cc(/C(O)=C2/C(=O)C(=O)N(CC3CCCO3)C2c2ccncc2)ccc1Br. The fraction of sp³-hybridized carbons (Fsp3) is 0.318. The largest absolute Gasteiger partial charge is 0.507 e. The van der Waals surface area contributed by atoms with Crippen LogP contribution in [-0.4, -0.2) is 45.9 Å². The molecule has 1 N–H and O–H groups in total. The van der Waals surface area contributed by atoms with E-state index in [1.807, 2.05) is 13.0 Å². The predicted octanol–water partition coefficient (Wildman–Crippen LogP) is 3.75. The Hall–Kier alpha value is -2.51. The molecule has 2 unspecified atom stereocenters. The average molecular weight is 457 g/mol. The Balaban J connectivity index is 1.82. The van der Waals surface area contributed by atoms with Gasteiger partial charge in [-0.25, -0.2) is 0 Å². The van der Waals surface area contributed by atoms with E-state index in [4.69, 9.17) is 4.74 Å². The Morgan fingerprint density at radius 2 is 2.03 bits per heavy atom. The highest BCUT2D eigenvalue weighted by Crippen LogP contribution is 2.40. The first kappa shape index (κ1) is 19.8. The maximum absolute atomic E-state index is 13.0. The van der Waals surface area contributed by atoms with Crippen molar-refractivity contribution in [2.24, 2.45) is 0 Å². The number of likely N-dealkylation sites (tertiary alicyclic amines) is 1. The Morgan fingerprint density at radius 3 is 2.69 bits per heavy atom. The molecule has 2 atom stereocenters. The lowest BCUT2D eigenvalue weighted by Gasteiger charge is -2.27. The smallest absolute Gasteiger partial charge is 0.295 e. The van der Waals surface area contributed by atoms with Gasteiger partial charge in [0.1, 0.15) is 5.76 Å². The number of amides is 1. The minimum absolute atomic E-state index is 0.0981. The number of aliphatic hydroxyl groups excluding tert-OH is 1. The lowest BCUT2D eigenvalue weighted by molar-refractivity contribution is -0.140. The number of rotatable bonds is 4. The summed E-state index contributed by atoms with van der Waals surface area (Å²) in [5, 5.41) is 11.1. The number of carbonyl (C=O) groups is 2. The lowest BCUT2D eigenvalue weighted by Crippen LogP contribution is -2.36. The van der Waals surface area contributed by atoms with Crippen molar-refractivity contribution >= 4 is 33.4 Å². The summed E-state index contributed by atoms with van der Waals surface area (Å²) in [6.45, 7) is 2.87. The summed E-state index contributed by atoms with van der Waals surface area (Å²) in [6.07, 6.45) is 4.91. The molecule has 1 aromatic carbocycles. The zero-order chi connectivity index (χ0) is 20.5. The van der Waals surface area contributed by atoms with E-state index in [9.17, 15) is 14.7 Å². The number of aromatic nitrogens is 1. The van der Waals surface area contributed by atoms with Crippen LogP contribution in [0.2, 0.25) is 0 Å². The maximum Gasteiger partial charge on any atom is 0.295 e. The van der Waals surface area contributed by atoms with Crippen molar-refractivity contribution < 1.29 is 19.4 Å². The quantitative estimate of drug-likeness (QED) is 0.430. The minimum atomic E-state index is -0.678. The van der Waals surface area contributed by atoms with Gasteiger partial charge in [-0.2, -0.15) is 0 Å². The standard InChI is InChI=1S/C22H21BrN2O4/c1-13-11-15(4-5-17(13)23)20(26)18-19(14-6-8-24-9-7-14)25(22(28)21(18)27)12-16-3-2-10-29-16/h4-9,11,16,19,26H,2-3,10,12H2,1H3/b20-18-. The number of hydrogen-bond donors (Lipinski definition) is 1. The first-order valence-corrected chi connectivity index (χ1v) is 10.3. The highest BCUT2D eigenvalue weighted by Gasteiger charge is 2.47. The number of Topliss-reactive ketones (excluding diaryl/α,β-unsaturated/α-hetero) is 1. The fourth-order valence-corrected chi connectivity index (χ4v) is 4.16. The van der Waals surface area contributed by atoms with Gasteiger partial charge in [-0.1, -0.05) is 22.0 Å². The summed E-state index contributed by atoms with van der Waals surface area (Å²) in [6, 6.07) is 8.18. The molecule has 0 bridgehead atoms. The van der Waals surface area contributed by atoms with Crippen LogP contribution in [0.4, 0.5) is 0 Å². The van der Waals surface area contributed by atoms with Crippen molar-refractivity contribution in [1.82, 2.24) is 9.88 Å². The van der Waals surface area contributed by atoms with Gasteiger partial charge in [0.25, 0.3) is 11.7 Å². The third-order valence-electron chi connectivity index (χ3n) is 5.42. The van der Waals surface area contributed by atoms with Gasteiger partial charge in [0.05, 0.1) is 17.7 Å². The van der Waals surface area contributed by atoms with Gasteiger partial charge in [0, 0.05) is 35.6 Å². The van der Waals surface area contributed by atoms with Crippen LogP contribution in [0, 0.1) is 6.92 Å². The third kappa shape index (κ3) is 3.72. The summed E-state index contributed by atoms with van der Waals surface area (Å²) in [4.78, 5) is 31.4. The van der Waals surface area contributed by atoms with Gasteiger partial charge in [-0.15, -0.1) is 0 Å². The van der Waals surface area contributed by atoms with Gasteiger partial charge in [-0.05, 0) is 55.2 Å². The highest BCUT2D eigenvalue weighted by atomic mass is 79.9. The van der Waals surface area contributed by atoms with E-state index in [1.165, 1.54) is 4.90 Å². The molecular weight excluding hydrogens is 436 g/mol. The first-order chi connectivity index (χ1) is 14.0. The molecule has 6 nitrogen and oxygen atoms in total. The molecule has 0 aliphatic carbocycles. The maximum atomic E-state index is 13.0. The van der Waals surface area contributed by atoms with Gasteiger partial charge >= 0.3 is 0 Å². The molecule has 2 saturated heterocycles. The number of aryl methyl sites for hydroxylation is 1. The molecule has 1 aromatic heterocycles. The van der Waals surface area contributed by atoms with Crippen molar-refractivity contribution in [3.05, 3.63) is 69.5 Å². The molecule has 2 fully saturated rings. The number of benzene rings is 1. The Kier molecular flexibility index (Phi) is 5.52. The second kappa shape index (κ2) is 8.08. The highest BCUT2D eigenvalue weighted by molar-refractivity contribution is 9.10. The molecule has 7 heteroatoms. The van der Waals surface area contributed by atoms with E-state index >= 15 is 0 Å². The second-order valence-electron chi connectivity index (χ2n) is 7.33. The number of pyridine rings is 1. The molecule has 0 radical (unpaired) electrons. The topological polar surface area (TPSA) is 79.7 Å². The second-order valence-corrected chi connectivity index (χ2v) is 8.19. The van der Waals surface area contributed by atoms with Crippen molar-refractivity contribution in [3.63, 3.8) is 0 Å². The molecule has 0 spiro atoms. The third-order valence-corrected chi connectivity index (χ3v) is 6.31. The van der Waals surface area contributed by atoms with Crippen LogP contribution in [0.1, 0.15) is 35.6 Å². The van der Waals surface area contributed by atoms with Gasteiger partial charge in [-0.3, -0.25) is 14.6 Å². The van der Waals surface area contributed by atoms with Crippen LogP contribution in [0.3, 0.4) is 0 Å². The van der Waals surface area contributed by atoms with Crippen LogP contribution in [0.15, 0.2) is 52.8 Å². The molecule has 3 heterocycles. The van der Waals surface area contributed by atoms with E-state index < -0.39 is 17.7 Å². The monoisotopic (exact) mass is 456 g/mol. The number of nitrogens with zero attached hydrogens (tertiary/aromatic N) is 2. The zero-order valence-corrected chi connectivity index (χ0v) is 17.6. The van der Waals surface area contributed by atoms with Crippen LogP contribution in [0.25, 0.3) is 5.76 Å². The molecule has 29 heavy (non-hydrogen) atoms. The number of carbonyl (C=O) groups excluding carboxylic acids is 2. The minimum Gasteiger partial charge on any atom is -0.507 e. The van der Waals surface area contributed by atoms with Crippen LogP contribution < -0.4 is 0 Å². The number of ketones is 1. The molecule has 2 aliphatic heterocycles. The van der Waals surface area contributed by atoms with Gasteiger partial charge < -0.3 is 14.7 Å². The van der Waals surface area contributed by atoms with Crippen molar-refractivity contribution in [1.29, 1.82) is 0 Å². The molecule has 2 aromatic rings. The number of halogens is 1. The predicted molar refractivity (Wildman–Crippen MR) is 111 cm³/mol. The van der Waals surface area contributed by atoms with Crippen LogP contribution in [0.5, 0.6) is 0 Å². The van der Waals surface area contributed by atoms with E-state index in [0.29, 0.717) is 18.7 Å². The molecule has 1 amide bonds. The number of hydrogen-bond acceptors (Lipinski definition) is 5. The van der Waals surface area contributed by atoms with Crippen molar-refractivity contribution in [3.8, 4) is 0 Å². The summed E-state index contributed by atoms with van der Waals surface area (Å²) < 4.78 is 6.59. The summed E-state index contributed by atoms with van der Waals surface area (Å²) in [5.41, 5.74) is 2.25. The van der Waals surface area contributed by atoms with E-state index in [2.05, 4.69) is 20.9 Å². The summed E-state index contributed by atoms with van der Waals surface area (Å²) >= 11 is 3.44. The van der Waals surface area contributed by atoms with Crippen molar-refractivity contribution in [2.45, 2.75) is 31.9 Å². The van der Waals surface area contributed by atoms with Crippen LogP contribution >= 0.6 is 15.9 Å². The van der Waals surface area contributed by atoms with Crippen molar-refractivity contribution in [2.75, 3.05) is 13.2 Å². The Labute approximate surface area is 177 Å². The molecule has 4 rings (SSSR count). The molecular formula is C22H21BrN2O4. The summed E-state index contributed by atoms with van der Waals surface area (Å²) in [7, 11) is 0. The van der Waals surface area contributed by atoms with Crippen LogP contribution in [-0.2, 0) is 14.3 Å². The van der Waals surface area contributed by atoms with Gasteiger partial charge in [0.2, 0.25) is 0 Å². The van der Waals surface area contributed by atoms with E-state index in [1.54, 1.807) is 36.7 Å². The number of ether oxygens (including phenoxy) is 1. The molecule has 0 saturated carbocycles. The normalized spacial score (nSPS) is 23.7. The first-order valence-electron chi connectivity index (χ1n) is 9.54. The van der Waals surface area contributed by atoms with E-state index in [-0.39, 0.29) is 17.4 Å². The molecule has 2 aliphatic rings. The molecule has 150 valence electrons. The van der Waals surface area contributed by atoms with E-state index in [0.717, 1.165) is 28.4 Å². The Bertz CT molecular complexity index is 984. The lowest BCUT2D eigenvalue weighted by atomic mass is 9.95. The summed E-state index contributed by atoms with van der Waals surface area (Å²) in [5.74, 6) is -1.46.